The van der Waals surface area contributed by atoms with Crippen molar-refractivity contribution in [2.75, 3.05) is 5.75 Å². The quantitative estimate of drug-likeness (QED) is 0.781. The van der Waals surface area contributed by atoms with Crippen molar-refractivity contribution < 1.29 is 19.4 Å². The molecule has 1 N–H and O–H groups in total. The molecule has 1 atom stereocenters. The third-order valence-corrected chi connectivity index (χ3v) is 4.52. The number of aliphatic carboxylic acids is 1. The molecule has 0 unspecified atom stereocenters. The molecule has 126 valence electrons. The van der Waals surface area contributed by atoms with Gasteiger partial charge in [0.05, 0.1) is 0 Å². The van der Waals surface area contributed by atoms with Crippen LogP contribution in [-0.2, 0) is 16.1 Å². The van der Waals surface area contributed by atoms with E-state index in [2.05, 4.69) is 12.6 Å². The Labute approximate surface area is 142 Å². The highest BCUT2D eigenvalue weighted by atomic mass is 32.1. The summed E-state index contributed by atoms with van der Waals surface area (Å²) in [7, 11) is 0. The largest absolute Gasteiger partial charge is 0.480 e. The summed E-state index contributed by atoms with van der Waals surface area (Å²) in [4.78, 5) is 25.4. The zero-order chi connectivity index (χ0) is 16.7. The molecule has 0 radical (unpaired) electrons. The minimum absolute atomic E-state index is 0.0757. The van der Waals surface area contributed by atoms with Gasteiger partial charge in [-0.05, 0) is 18.4 Å². The number of carbonyl (C=O) groups is 2. The lowest BCUT2D eigenvalue weighted by Gasteiger charge is -2.36. The minimum atomic E-state index is -1.04. The van der Waals surface area contributed by atoms with Gasteiger partial charge in [0.1, 0.15) is 12.6 Å². The first-order valence-corrected chi connectivity index (χ1v) is 8.59. The van der Waals surface area contributed by atoms with E-state index in [-0.39, 0.29) is 18.4 Å². The number of benzene rings is 1. The minimum Gasteiger partial charge on any atom is -0.480 e. The lowest BCUT2D eigenvalue weighted by atomic mass is 9.93. The Kier molecular flexibility index (Phi) is 6.77. The van der Waals surface area contributed by atoms with Crippen LogP contribution in [0.15, 0.2) is 30.3 Å². The van der Waals surface area contributed by atoms with Gasteiger partial charge in [0.25, 0.3) is 0 Å². The van der Waals surface area contributed by atoms with Crippen LogP contribution in [0.3, 0.4) is 0 Å². The first kappa shape index (κ1) is 17.7. The van der Waals surface area contributed by atoms with Gasteiger partial charge in [0.2, 0.25) is 0 Å². The molecule has 0 aromatic heterocycles. The summed E-state index contributed by atoms with van der Waals surface area (Å²) in [6, 6.07) is 8.33. The average molecular weight is 337 g/mol. The zero-order valence-corrected chi connectivity index (χ0v) is 14.0. The van der Waals surface area contributed by atoms with Crippen LogP contribution >= 0.6 is 12.6 Å². The molecule has 0 saturated heterocycles. The van der Waals surface area contributed by atoms with Crippen LogP contribution in [0.1, 0.15) is 37.7 Å². The van der Waals surface area contributed by atoms with Crippen LogP contribution in [0.4, 0.5) is 4.79 Å². The lowest BCUT2D eigenvalue weighted by Crippen LogP contribution is -2.52. The van der Waals surface area contributed by atoms with Crippen molar-refractivity contribution in [3.05, 3.63) is 35.9 Å². The predicted molar refractivity (Wildman–Crippen MR) is 90.6 cm³/mol. The van der Waals surface area contributed by atoms with Crippen molar-refractivity contribution in [2.45, 2.75) is 50.8 Å². The average Bonchev–Trinajstić information content (AvgIpc) is 2.58. The van der Waals surface area contributed by atoms with Crippen molar-refractivity contribution in [2.24, 2.45) is 0 Å². The number of amides is 1. The first-order valence-electron chi connectivity index (χ1n) is 7.96. The molecule has 0 bridgehead atoms. The summed E-state index contributed by atoms with van der Waals surface area (Å²) in [6.07, 6.45) is 4.21. The van der Waals surface area contributed by atoms with Crippen molar-refractivity contribution in [1.82, 2.24) is 4.90 Å². The second-order valence-electron chi connectivity index (χ2n) is 5.78. The van der Waals surface area contributed by atoms with Gasteiger partial charge in [0.15, 0.2) is 0 Å². The van der Waals surface area contributed by atoms with E-state index in [9.17, 15) is 14.7 Å². The molecule has 1 saturated carbocycles. The molecule has 1 aliphatic rings. The van der Waals surface area contributed by atoms with Crippen LogP contribution in [0.5, 0.6) is 0 Å². The van der Waals surface area contributed by atoms with E-state index in [1.165, 1.54) is 4.90 Å². The van der Waals surface area contributed by atoms with Crippen molar-refractivity contribution in [3.8, 4) is 0 Å². The Morgan fingerprint density at radius 3 is 2.43 bits per heavy atom. The maximum absolute atomic E-state index is 12.5. The molecular weight excluding hydrogens is 314 g/mol. The lowest BCUT2D eigenvalue weighted by molar-refractivity contribution is -0.143. The number of hydrogen-bond acceptors (Lipinski definition) is 4. The van der Waals surface area contributed by atoms with Gasteiger partial charge >= 0.3 is 12.1 Å². The fourth-order valence-electron chi connectivity index (χ4n) is 2.97. The number of hydrogen-bond donors (Lipinski definition) is 2. The maximum Gasteiger partial charge on any atom is 0.411 e. The third-order valence-electron chi connectivity index (χ3n) is 4.18. The molecular formula is C17H23NO4S. The number of nitrogens with zero attached hydrogens (tertiary/aromatic N) is 1. The molecule has 1 aromatic rings. The standard InChI is InChI=1S/C17H23NO4S/c19-16(20)15(12-23)18(14-9-5-2-6-10-14)17(21)22-11-13-7-3-1-4-8-13/h1,3-4,7-8,14-15,23H,2,5-6,9-12H2,(H,19,20)/t15-/m0/s1. The smallest absolute Gasteiger partial charge is 0.411 e. The van der Waals surface area contributed by atoms with Gasteiger partial charge < -0.3 is 9.84 Å². The second-order valence-corrected chi connectivity index (χ2v) is 6.14. The molecule has 1 aromatic carbocycles. The van der Waals surface area contributed by atoms with Gasteiger partial charge in [-0.25, -0.2) is 9.59 Å². The zero-order valence-electron chi connectivity index (χ0n) is 13.1. The van der Waals surface area contributed by atoms with Crippen molar-refractivity contribution in [3.63, 3.8) is 0 Å². The number of thiol groups is 1. The number of rotatable bonds is 6. The van der Waals surface area contributed by atoms with Crippen LogP contribution in [0.25, 0.3) is 0 Å². The normalized spacial score (nSPS) is 16.6. The molecule has 0 aliphatic heterocycles. The summed E-state index contributed by atoms with van der Waals surface area (Å²) >= 11 is 4.12. The highest BCUT2D eigenvalue weighted by Crippen LogP contribution is 2.25. The molecule has 1 fully saturated rings. The van der Waals surface area contributed by atoms with Gasteiger partial charge in [-0.3, -0.25) is 4.90 Å². The summed E-state index contributed by atoms with van der Waals surface area (Å²) in [5, 5.41) is 9.41. The summed E-state index contributed by atoms with van der Waals surface area (Å²) in [5.74, 6) is -0.964. The number of carboxylic acids is 1. The van der Waals surface area contributed by atoms with E-state index in [1.54, 1.807) is 0 Å². The molecule has 2 rings (SSSR count). The Balaban J connectivity index is 2.08. The van der Waals surface area contributed by atoms with Crippen LogP contribution < -0.4 is 0 Å². The number of ether oxygens (including phenoxy) is 1. The Morgan fingerprint density at radius 1 is 1.22 bits per heavy atom. The first-order chi connectivity index (χ1) is 11.1. The molecule has 23 heavy (non-hydrogen) atoms. The molecule has 0 heterocycles. The van der Waals surface area contributed by atoms with Gasteiger partial charge in [-0.15, -0.1) is 0 Å². The number of carboxylic acid groups (broad SMARTS) is 1. The monoisotopic (exact) mass is 337 g/mol. The van der Waals surface area contributed by atoms with Crippen LogP contribution in [-0.4, -0.2) is 39.9 Å². The Bertz CT molecular complexity index is 517. The Morgan fingerprint density at radius 2 is 1.87 bits per heavy atom. The predicted octanol–water partition coefficient (Wildman–Crippen LogP) is 3.34. The van der Waals surface area contributed by atoms with E-state index in [4.69, 9.17) is 4.74 Å². The highest BCUT2D eigenvalue weighted by Gasteiger charge is 2.36. The molecule has 0 spiro atoms. The molecule has 5 nitrogen and oxygen atoms in total. The summed E-state index contributed by atoms with van der Waals surface area (Å²) < 4.78 is 5.37. The molecule has 1 amide bonds. The van der Waals surface area contributed by atoms with E-state index >= 15 is 0 Å². The maximum atomic E-state index is 12.5. The van der Waals surface area contributed by atoms with Gasteiger partial charge in [-0.2, -0.15) is 12.6 Å². The van der Waals surface area contributed by atoms with Crippen molar-refractivity contribution in [1.29, 1.82) is 0 Å². The van der Waals surface area contributed by atoms with Crippen LogP contribution in [0, 0.1) is 0 Å². The van der Waals surface area contributed by atoms with Gasteiger partial charge in [0, 0.05) is 11.8 Å². The molecule has 6 heteroatoms. The van der Waals surface area contributed by atoms with E-state index in [0.717, 1.165) is 37.7 Å². The SMILES string of the molecule is O=C(O)[C@H](CS)N(C(=O)OCc1ccccc1)C1CCCCC1. The van der Waals surface area contributed by atoms with E-state index in [0.29, 0.717) is 0 Å². The van der Waals surface area contributed by atoms with E-state index < -0.39 is 18.1 Å². The second kappa shape index (κ2) is 8.82. The summed E-state index contributed by atoms with van der Waals surface area (Å²) in [6.45, 7) is 0.141. The topological polar surface area (TPSA) is 66.8 Å². The summed E-state index contributed by atoms with van der Waals surface area (Å²) in [5.41, 5.74) is 0.877. The van der Waals surface area contributed by atoms with Gasteiger partial charge in [-0.1, -0.05) is 49.6 Å². The molecule has 1 aliphatic carbocycles. The van der Waals surface area contributed by atoms with E-state index in [1.807, 2.05) is 30.3 Å². The Hall–Kier alpha value is -1.69. The third kappa shape index (κ3) is 4.89. The fourth-order valence-corrected chi connectivity index (χ4v) is 3.30. The van der Waals surface area contributed by atoms with Crippen LogP contribution in [0.2, 0.25) is 0 Å². The highest BCUT2D eigenvalue weighted by molar-refractivity contribution is 7.80. The van der Waals surface area contributed by atoms with Crippen molar-refractivity contribution >= 4 is 24.7 Å². The number of carbonyl (C=O) groups excluding carboxylic acids is 1. The fraction of sp³-hybridized carbons (Fsp3) is 0.529.